The van der Waals surface area contributed by atoms with Crippen LogP contribution in [0, 0.1) is 30.9 Å². The summed E-state index contributed by atoms with van der Waals surface area (Å²) >= 11 is 0. The third-order valence-electron chi connectivity index (χ3n) is 6.07. The van der Waals surface area contributed by atoms with Crippen LogP contribution >= 0.6 is 0 Å². The minimum atomic E-state index is -1.45. The summed E-state index contributed by atoms with van der Waals surface area (Å²) in [5, 5.41) is 20.8. The molecule has 0 aliphatic carbocycles. The molecule has 0 saturated carbocycles. The van der Waals surface area contributed by atoms with Gasteiger partial charge in [0.2, 0.25) is 5.91 Å². The molecular formula is C24H24N6O5. The number of aromatic nitrogens is 2. The Labute approximate surface area is 200 Å². The summed E-state index contributed by atoms with van der Waals surface area (Å²) < 4.78 is 1.71. The fourth-order valence-corrected chi connectivity index (χ4v) is 4.04. The molecule has 0 bridgehead atoms. The van der Waals surface area contributed by atoms with Crippen LogP contribution in [-0.2, 0) is 15.1 Å². The summed E-state index contributed by atoms with van der Waals surface area (Å²) in [7, 11) is 0. The highest BCUT2D eigenvalue weighted by Crippen LogP contribution is 2.30. The molecule has 0 radical (unpaired) electrons. The van der Waals surface area contributed by atoms with Crippen molar-refractivity contribution in [1.29, 1.82) is 0 Å². The zero-order valence-corrected chi connectivity index (χ0v) is 19.7. The monoisotopic (exact) mass is 476 g/mol. The van der Waals surface area contributed by atoms with Crippen molar-refractivity contribution in [1.82, 2.24) is 20.0 Å². The van der Waals surface area contributed by atoms with E-state index < -0.39 is 34.9 Å². The molecule has 1 aliphatic heterocycles. The van der Waals surface area contributed by atoms with Crippen LogP contribution in [0.25, 0.3) is 5.69 Å². The molecule has 2 heterocycles. The Hall–Kier alpha value is -4.54. The van der Waals surface area contributed by atoms with Gasteiger partial charge in [0.25, 0.3) is 11.6 Å². The topological polar surface area (TPSA) is 139 Å². The van der Waals surface area contributed by atoms with Gasteiger partial charge in [0.05, 0.1) is 27.7 Å². The zero-order chi connectivity index (χ0) is 25.5. The van der Waals surface area contributed by atoms with Crippen molar-refractivity contribution in [3.05, 3.63) is 81.2 Å². The minimum Gasteiger partial charge on any atom is -0.321 e. The molecule has 35 heavy (non-hydrogen) atoms. The lowest BCUT2D eigenvalue weighted by atomic mass is 9.92. The number of hydrogen-bond acceptors (Lipinski definition) is 6. The Bertz CT molecular complexity index is 1350. The zero-order valence-electron chi connectivity index (χ0n) is 19.7. The van der Waals surface area contributed by atoms with Gasteiger partial charge in [-0.1, -0.05) is 17.7 Å². The van der Waals surface area contributed by atoms with Crippen LogP contribution in [0.3, 0.4) is 0 Å². The molecule has 0 spiro atoms. The van der Waals surface area contributed by atoms with Gasteiger partial charge in [0.15, 0.2) is 0 Å². The van der Waals surface area contributed by atoms with Crippen molar-refractivity contribution < 1.29 is 19.3 Å². The van der Waals surface area contributed by atoms with E-state index >= 15 is 0 Å². The number of carbonyl (C=O) groups excluding carboxylic acids is 3. The number of carbonyl (C=O) groups is 3. The van der Waals surface area contributed by atoms with Crippen molar-refractivity contribution in [2.24, 2.45) is 0 Å². The van der Waals surface area contributed by atoms with Gasteiger partial charge in [-0.2, -0.15) is 5.10 Å². The molecule has 4 amide bonds. The number of nitro benzene ring substituents is 1. The van der Waals surface area contributed by atoms with Crippen LogP contribution < -0.4 is 10.6 Å². The molecule has 2 N–H and O–H groups in total. The minimum absolute atomic E-state index is 0.137. The van der Waals surface area contributed by atoms with Crippen molar-refractivity contribution in [2.75, 3.05) is 11.9 Å². The first-order chi connectivity index (χ1) is 16.5. The number of nitrogens with one attached hydrogen (secondary N) is 2. The lowest BCUT2D eigenvalue weighted by molar-refractivity contribution is -0.384. The summed E-state index contributed by atoms with van der Waals surface area (Å²) in [4.78, 5) is 49.7. The van der Waals surface area contributed by atoms with E-state index in [4.69, 9.17) is 0 Å². The van der Waals surface area contributed by atoms with Crippen molar-refractivity contribution in [3.63, 3.8) is 0 Å². The lowest BCUT2D eigenvalue weighted by Gasteiger charge is -2.22. The highest BCUT2D eigenvalue weighted by atomic mass is 16.6. The molecular weight excluding hydrogens is 452 g/mol. The maximum atomic E-state index is 13.1. The van der Waals surface area contributed by atoms with E-state index in [1.165, 1.54) is 31.2 Å². The largest absolute Gasteiger partial charge is 0.325 e. The van der Waals surface area contributed by atoms with E-state index in [9.17, 15) is 24.5 Å². The van der Waals surface area contributed by atoms with Crippen molar-refractivity contribution in [2.45, 2.75) is 33.2 Å². The van der Waals surface area contributed by atoms with Gasteiger partial charge in [-0.3, -0.25) is 24.6 Å². The first-order valence-electron chi connectivity index (χ1n) is 10.8. The smallest absolute Gasteiger partial charge is 0.321 e. The second kappa shape index (κ2) is 8.67. The number of non-ortho nitro benzene ring substituents is 1. The fourth-order valence-electron chi connectivity index (χ4n) is 4.04. The molecule has 3 aromatic rings. The van der Waals surface area contributed by atoms with Gasteiger partial charge < -0.3 is 10.6 Å². The molecule has 1 atom stereocenters. The summed E-state index contributed by atoms with van der Waals surface area (Å²) in [6.45, 7) is 6.55. The fraction of sp³-hybridized carbons (Fsp3) is 0.250. The molecule has 4 rings (SSSR count). The summed E-state index contributed by atoms with van der Waals surface area (Å²) in [5.74, 6) is -1.19. The van der Waals surface area contributed by atoms with Crippen LogP contribution in [0.2, 0.25) is 0 Å². The second-order valence-corrected chi connectivity index (χ2v) is 8.59. The van der Waals surface area contributed by atoms with E-state index in [0.29, 0.717) is 22.6 Å². The number of aryl methyl sites for hydroxylation is 2. The number of nitrogens with zero attached hydrogens (tertiary/aromatic N) is 4. The number of nitro groups is 1. The SMILES string of the molecule is Cc1ccc(-n2nc(C)c(NC(=O)CN3C(=O)NC(C)(c4ccc([N+](=O)[O-])cc4)C3=O)c2C)cc1. The van der Waals surface area contributed by atoms with E-state index in [0.717, 1.165) is 16.2 Å². The Morgan fingerprint density at radius 1 is 1.09 bits per heavy atom. The number of hydrogen-bond donors (Lipinski definition) is 2. The van der Waals surface area contributed by atoms with Crippen LogP contribution in [0.5, 0.6) is 0 Å². The van der Waals surface area contributed by atoms with Crippen LogP contribution in [0.4, 0.5) is 16.2 Å². The summed E-state index contributed by atoms with van der Waals surface area (Å²) in [6, 6.07) is 12.4. The van der Waals surface area contributed by atoms with Gasteiger partial charge in [-0.25, -0.2) is 9.48 Å². The van der Waals surface area contributed by atoms with Crippen molar-refractivity contribution >= 4 is 29.2 Å². The van der Waals surface area contributed by atoms with E-state index in [-0.39, 0.29) is 5.69 Å². The Morgan fingerprint density at radius 2 is 1.71 bits per heavy atom. The average molecular weight is 476 g/mol. The Kier molecular flexibility index (Phi) is 5.85. The molecule has 1 saturated heterocycles. The number of imide groups is 1. The number of benzene rings is 2. The highest BCUT2D eigenvalue weighted by molar-refractivity contribution is 6.10. The van der Waals surface area contributed by atoms with Crippen LogP contribution in [-0.4, -0.2) is 44.0 Å². The molecule has 1 unspecified atom stereocenters. The first kappa shape index (κ1) is 23.6. The maximum Gasteiger partial charge on any atom is 0.325 e. The third-order valence-corrected chi connectivity index (χ3v) is 6.07. The molecule has 1 aromatic heterocycles. The van der Waals surface area contributed by atoms with Crippen LogP contribution in [0.15, 0.2) is 48.5 Å². The van der Waals surface area contributed by atoms with Gasteiger partial charge >= 0.3 is 6.03 Å². The molecule has 180 valence electrons. The number of amides is 4. The molecule has 2 aromatic carbocycles. The number of rotatable bonds is 6. The molecule has 1 fully saturated rings. The first-order valence-corrected chi connectivity index (χ1v) is 10.8. The molecule has 1 aliphatic rings. The van der Waals surface area contributed by atoms with Gasteiger partial charge in [-0.05, 0) is 57.5 Å². The summed E-state index contributed by atoms with van der Waals surface area (Å²) in [6.07, 6.45) is 0. The van der Waals surface area contributed by atoms with Crippen LogP contribution in [0.1, 0.15) is 29.4 Å². The summed E-state index contributed by atoms with van der Waals surface area (Å²) in [5.41, 5.74) is 2.52. The quantitative estimate of drug-likeness (QED) is 0.318. The van der Waals surface area contributed by atoms with Gasteiger partial charge in [0, 0.05) is 12.1 Å². The standard InChI is InChI=1S/C24H24N6O5/c1-14-5-9-18(10-6-14)29-16(3)21(15(2)27-29)25-20(31)13-28-22(32)24(4,26-23(28)33)17-7-11-19(12-8-17)30(34)35/h5-12H,13H2,1-4H3,(H,25,31)(H,26,33). The predicted octanol–water partition coefficient (Wildman–Crippen LogP) is 3.11. The van der Waals surface area contributed by atoms with Gasteiger partial charge in [0.1, 0.15) is 12.1 Å². The lowest BCUT2D eigenvalue weighted by Crippen LogP contribution is -2.42. The number of urea groups is 1. The maximum absolute atomic E-state index is 13.1. The third kappa shape index (κ3) is 4.23. The highest BCUT2D eigenvalue weighted by Gasteiger charge is 2.49. The Balaban J connectivity index is 1.51. The normalized spacial score (nSPS) is 17.4. The van der Waals surface area contributed by atoms with E-state index in [1.807, 2.05) is 38.1 Å². The van der Waals surface area contributed by atoms with E-state index in [2.05, 4.69) is 15.7 Å². The number of anilines is 1. The molecule has 11 heteroatoms. The Morgan fingerprint density at radius 3 is 2.31 bits per heavy atom. The average Bonchev–Trinajstić information content (AvgIpc) is 3.22. The van der Waals surface area contributed by atoms with Crippen molar-refractivity contribution in [3.8, 4) is 5.69 Å². The predicted molar refractivity (Wildman–Crippen MR) is 127 cm³/mol. The molecule has 11 nitrogen and oxygen atoms in total. The van der Waals surface area contributed by atoms with E-state index in [1.54, 1.807) is 11.6 Å². The van der Waals surface area contributed by atoms with Gasteiger partial charge in [-0.15, -0.1) is 0 Å². The second-order valence-electron chi connectivity index (χ2n) is 8.59.